The Kier molecular flexibility index (Phi) is 5.75. The van der Waals surface area contributed by atoms with Crippen LogP contribution in [0, 0.1) is 0 Å². The minimum atomic E-state index is -0.306. The Labute approximate surface area is 160 Å². The number of halogens is 1. The van der Waals surface area contributed by atoms with Gasteiger partial charge in [0.15, 0.2) is 5.16 Å². The third-order valence-electron chi connectivity index (χ3n) is 3.66. The molecule has 5 nitrogen and oxygen atoms in total. The number of carbonyl (C=O) groups is 1. The molecule has 7 heteroatoms. The molecule has 3 rings (SSSR count). The first-order chi connectivity index (χ1) is 12.6. The molecular formula is C19H16ClN3O2S. The van der Waals surface area contributed by atoms with Gasteiger partial charge in [0.05, 0.1) is 5.69 Å². The van der Waals surface area contributed by atoms with E-state index in [1.54, 1.807) is 24.3 Å². The molecule has 1 aromatic heterocycles. The second-order valence-electron chi connectivity index (χ2n) is 5.47. The van der Waals surface area contributed by atoms with Gasteiger partial charge in [0.25, 0.3) is 5.56 Å². The van der Waals surface area contributed by atoms with Gasteiger partial charge in [0.2, 0.25) is 5.91 Å². The van der Waals surface area contributed by atoms with E-state index in [1.165, 1.54) is 22.4 Å². The number of aromatic nitrogens is 2. The maximum Gasteiger partial charge on any atom is 0.255 e. The maximum absolute atomic E-state index is 12.5. The van der Waals surface area contributed by atoms with Crippen LogP contribution in [0.4, 0.5) is 5.69 Å². The molecule has 1 amide bonds. The summed E-state index contributed by atoms with van der Waals surface area (Å²) in [6.07, 6.45) is 1.82. The number of anilines is 1. The van der Waals surface area contributed by atoms with Crippen molar-refractivity contribution < 1.29 is 4.79 Å². The SMILES string of the molecule is CSc1nc(-c2ccccc2)cc(=O)n1CC(=O)Nc1ccc(Cl)cc1. The Morgan fingerprint density at radius 1 is 1.15 bits per heavy atom. The van der Waals surface area contributed by atoms with Crippen LogP contribution in [0.15, 0.2) is 70.6 Å². The van der Waals surface area contributed by atoms with E-state index in [0.717, 1.165) is 5.56 Å². The van der Waals surface area contributed by atoms with Gasteiger partial charge in [0, 0.05) is 22.3 Å². The lowest BCUT2D eigenvalue weighted by atomic mass is 10.1. The largest absolute Gasteiger partial charge is 0.325 e. The fourth-order valence-electron chi connectivity index (χ4n) is 2.42. The van der Waals surface area contributed by atoms with Crippen LogP contribution in [0.3, 0.4) is 0 Å². The monoisotopic (exact) mass is 385 g/mol. The normalized spacial score (nSPS) is 10.5. The summed E-state index contributed by atoms with van der Waals surface area (Å²) in [7, 11) is 0. The number of amides is 1. The minimum absolute atomic E-state index is 0.111. The predicted octanol–water partition coefficient (Wildman–Crippen LogP) is 3.92. The molecule has 0 unspecified atom stereocenters. The Hall–Kier alpha value is -2.57. The van der Waals surface area contributed by atoms with Gasteiger partial charge in [-0.3, -0.25) is 14.2 Å². The van der Waals surface area contributed by atoms with Gasteiger partial charge in [-0.15, -0.1) is 0 Å². The van der Waals surface area contributed by atoms with Crippen LogP contribution in [-0.2, 0) is 11.3 Å². The van der Waals surface area contributed by atoms with E-state index in [9.17, 15) is 9.59 Å². The third kappa shape index (κ3) is 4.33. The van der Waals surface area contributed by atoms with Crippen molar-refractivity contribution in [1.29, 1.82) is 0 Å². The molecule has 0 saturated heterocycles. The first-order valence-electron chi connectivity index (χ1n) is 7.83. The van der Waals surface area contributed by atoms with Crippen LogP contribution in [-0.4, -0.2) is 21.7 Å². The van der Waals surface area contributed by atoms with Crippen molar-refractivity contribution in [2.24, 2.45) is 0 Å². The van der Waals surface area contributed by atoms with Gasteiger partial charge in [-0.2, -0.15) is 0 Å². The molecule has 2 aromatic carbocycles. The van der Waals surface area contributed by atoms with Crippen molar-refractivity contribution in [2.45, 2.75) is 11.7 Å². The summed E-state index contributed by atoms with van der Waals surface area (Å²) < 4.78 is 1.36. The zero-order valence-electron chi connectivity index (χ0n) is 14.0. The lowest BCUT2D eigenvalue weighted by Crippen LogP contribution is -2.29. The first-order valence-corrected chi connectivity index (χ1v) is 9.44. The van der Waals surface area contributed by atoms with Crippen molar-refractivity contribution in [3.63, 3.8) is 0 Å². The van der Waals surface area contributed by atoms with Gasteiger partial charge in [-0.25, -0.2) is 4.98 Å². The third-order valence-corrected chi connectivity index (χ3v) is 4.58. The van der Waals surface area contributed by atoms with Crippen LogP contribution in [0.1, 0.15) is 0 Å². The molecule has 0 bridgehead atoms. The predicted molar refractivity (Wildman–Crippen MR) is 106 cm³/mol. The zero-order chi connectivity index (χ0) is 18.5. The quantitative estimate of drug-likeness (QED) is 0.534. The highest BCUT2D eigenvalue weighted by molar-refractivity contribution is 7.98. The zero-order valence-corrected chi connectivity index (χ0v) is 15.6. The van der Waals surface area contributed by atoms with Gasteiger partial charge >= 0.3 is 0 Å². The summed E-state index contributed by atoms with van der Waals surface area (Å²) in [5.74, 6) is -0.306. The van der Waals surface area contributed by atoms with Crippen molar-refractivity contribution in [2.75, 3.05) is 11.6 Å². The summed E-state index contributed by atoms with van der Waals surface area (Å²) >= 11 is 7.16. The summed E-state index contributed by atoms with van der Waals surface area (Å²) in [6, 6.07) is 17.7. The molecular weight excluding hydrogens is 370 g/mol. The van der Waals surface area contributed by atoms with Crippen molar-refractivity contribution in [3.8, 4) is 11.3 Å². The first kappa shape index (κ1) is 18.2. The number of carbonyl (C=O) groups excluding carboxylic acids is 1. The van der Waals surface area contributed by atoms with Crippen LogP contribution in [0.2, 0.25) is 5.02 Å². The minimum Gasteiger partial charge on any atom is -0.325 e. The van der Waals surface area contributed by atoms with Gasteiger partial charge in [0.1, 0.15) is 6.54 Å². The molecule has 132 valence electrons. The molecule has 0 atom stereocenters. The number of hydrogen-bond donors (Lipinski definition) is 1. The highest BCUT2D eigenvalue weighted by Gasteiger charge is 2.13. The smallest absolute Gasteiger partial charge is 0.255 e. The fourth-order valence-corrected chi connectivity index (χ4v) is 3.11. The molecule has 0 fully saturated rings. The Morgan fingerprint density at radius 3 is 2.50 bits per heavy atom. The number of rotatable bonds is 5. The molecule has 26 heavy (non-hydrogen) atoms. The number of hydrogen-bond acceptors (Lipinski definition) is 4. The maximum atomic E-state index is 12.5. The molecule has 0 aliphatic carbocycles. The van der Waals surface area contributed by atoms with E-state index < -0.39 is 0 Å². The molecule has 0 spiro atoms. The van der Waals surface area contributed by atoms with Crippen LogP contribution in [0.5, 0.6) is 0 Å². The standard InChI is InChI=1S/C19H16ClN3O2S/c1-26-19-22-16(13-5-3-2-4-6-13)11-18(25)23(19)12-17(24)21-15-9-7-14(20)8-10-15/h2-11H,12H2,1H3,(H,21,24). The van der Waals surface area contributed by atoms with Gasteiger partial charge < -0.3 is 5.32 Å². The van der Waals surface area contributed by atoms with Crippen LogP contribution < -0.4 is 10.9 Å². The van der Waals surface area contributed by atoms with Crippen molar-refractivity contribution >= 4 is 35.0 Å². The molecule has 1 heterocycles. The van der Waals surface area contributed by atoms with Crippen LogP contribution >= 0.6 is 23.4 Å². The van der Waals surface area contributed by atoms with Crippen molar-refractivity contribution in [1.82, 2.24) is 9.55 Å². The van der Waals surface area contributed by atoms with E-state index in [-0.39, 0.29) is 18.0 Å². The average Bonchev–Trinajstić information content (AvgIpc) is 2.65. The van der Waals surface area contributed by atoms with E-state index in [1.807, 2.05) is 36.6 Å². The highest BCUT2D eigenvalue weighted by Crippen LogP contribution is 2.19. The Morgan fingerprint density at radius 2 is 1.85 bits per heavy atom. The van der Waals surface area contributed by atoms with E-state index in [0.29, 0.717) is 21.6 Å². The fraction of sp³-hybridized carbons (Fsp3) is 0.105. The average molecular weight is 386 g/mol. The lowest BCUT2D eigenvalue weighted by Gasteiger charge is -2.12. The Bertz CT molecular complexity index is 972. The molecule has 3 aromatic rings. The molecule has 0 radical (unpaired) electrons. The number of nitrogens with zero attached hydrogens (tertiary/aromatic N) is 2. The van der Waals surface area contributed by atoms with E-state index in [2.05, 4.69) is 10.3 Å². The summed E-state index contributed by atoms with van der Waals surface area (Å²) in [5.41, 5.74) is 1.80. The summed E-state index contributed by atoms with van der Waals surface area (Å²) in [6.45, 7) is -0.111. The number of benzene rings is 2. The summed E-state index contributed by atoms with van der Waals surface area (Å²) in [4.78, 5) is 29.4. The highest BCUT2D eigenvalue weighted by atomic mass is 35.5. The molecule has 0 aliphatic rings. The van der Waals surface area contributed by atoms with Gasteiger partial charge in [-0.05, 0) is 30.5 Å². The molecule has 0 aliphatic heterocycles. The Balaban J connectivity index is 1.84. The van der Waals surface area contributed by atoms with E-state index >= 15 is 0 Å². The van der Waals surface area contributed by atoms with Crippen molar-refractivity contribution in [3.05, 3.63) is 76.0 Å². The van der Waals surface area contributed by atoms with Crippen LogP contribution in [0.25, 0.3) is 11.3 Å². The summed E-state index contributed by atoms with van der Waals surface area (Å²) in [5, 5.41) is 3.82. The second kappa shape index (κ2) is 8.21. The molecule has 1 N–H and O–H groups in total. The topological polar surface area (TPSA) is 64.0 Å². The van der Waals surface area contributed by atoms with E-state index in [4.69, 9.17) is 11.6 Å². The van der Waals surface area contributed by atoms with Gasteiger partial charge in [-0.1, -0.05) is 53.7 Å². The number of nitrogens with one attached hydrogen (secondary N) is 1. The number of thioether (sulfide) groups is 1. The lowest BCUT2D eigenvalue weighted by molar-refractivity contribution is -0.116. The molecule has 0 saturated carbocycles. The second-order valence-corrected chi connectivity index (χ2v) is 6.68.